The molecule has 1 aromatic heterocycles. The van der Waals surface area contributed by atoms with Crippen molar-refractivity contribution in [2.45, 2.75) is 32.7 Å². The predicted octanol–water partition coefficient (Wildman–Crippen LogP) is 6.30. The number of para-hydroxylation sites is 1. The lowest BCUT2D eigenvalue weighted by molar-refractivity contribution is -0.126. The van der Waals surface area contributed by atoms with Crippen LogP contribution in [0, 0.1) is 6.57 Å². The average Bonchev–Trinajstić information content (AvgIpc) is 2.84. The molecule has 0 radical (unpaired) electrons. The van der Waals surface area contributed by atoms with E-state index in [1.807, 2.05) is 48.2 Å². The number of rotatable bonds is 4. The summed E-state index contributed by atoms with van der Waals surface area (Å²) in [4.78, 5) is 33.7. The summed E-state index contributed by atoms with van der Waals surface area (Å²) in [5.74, 6) is 0.0508. The van der Waals surface area contributed by atoms with Crippen LogP contribution in [0.3, 0.4) is 0 Å². The maximum absolute atomic E-state index is 14.0. The van der Waals surface area contributed by atoms with Gasteiger partial charge in [-0.1, -0.05) is 50.2 Å². The molecular weight excluding hydrogens is 528 g/mol. The monoisotopic (exact) mass is 552 g/mol. The van der Waals surface area contributed by atoms with Gasteiger partial charge in [0.25, 0.3) is 11.2 Å². The maximum atomic E-state index is 14.0. The van der Waals surface area contributed by atoms with E-state index in [0.29, 0.717) is 40.3 Å². The van der Waals surface area contributed by atoms with Gasteiger partial charge in [-0.15, -0.1) is 0 Å². The fraction of sp³-hybridized carbons (Fsp3) is 0.296. The standard InChI is InChI=1S/C27H26BrClN4O2/c1-6-24(34)31-11-12-32(17(4)15-31)26-19-13-21(29)20(28)14-23(19)33(27(35)25(26)30-5)22-10-8-7-9-18(22)16(2)3/h6-10,13-14,16-17H,1,11-12,15H2,2-4H3/t17-/m0/s1. The van der Waals surface area contributed by atoms with Crippen LogP contribution >= 0.6 is 27.5 Å². The van der Waals surface area contributed by atoms with Crippen LogP contribution in [0.5, 0.6) is 0 Å². The van der Waals surface area contributed by atoms with Crippen LogP contribution in [0.1, 0.15) is 32.3 Å². The van der Waals surface area contributed by atoms with Gasteiger partial charge in [0.05, 0.1) is 28.5 Å². The molecule has 1 atom stereocenters. The van der Waals surface area contributed by atoms with Gasteiger partial charge >= 0.3 is 0 Å². The Hall–Kier alpha value is -3.08. The molecule has 2 aromatic carbocycles. The predicted molar refractivity (Wildman–Crippen MR) is 146 cm³/mol. The normalized spacial score (nSPS) is 16.0. The molecule has 1 fully saturated rings. The van der Waals surface area contributed by atoms with E-state index in [-0.39, 0.29) is 29.1 Å². The van der Waals surface area contributed by atoms with Crippen molar-refractivity contribution in [2.75, 3.05) is 24.5 Å². The lowest BCUT2D eigenvalue weighted by atomic mass is 10.00. The Bertz CT molecular complexity index is 1440. The first-order chi connectivity index (χ1) is 16.7. The van der Waals surface area contributed by atoms with E-state index in [1.54, 1.807) is 9.47 Å². The van der Waals surface area contributed by atoms with E-state index in [9.17, 15) is 9.59 Å². The molecule has 0 bridgehead atoms. The zero-order chi connectivity index (χ0) is 25.4. The molecular formula is C27H26BrClN4O2. The number of anilines is 1. The number of pyridine rings is 1. The molecule has 3 aromatic rings. The number of hydrogen-bond acceptors (Lipinski definition) is 3. The number of fused-ring (bicyclic) bond motifs is 1. The Morgan fingerprint density at radius 1 is 1.29 bits per heavy atom. The van der Waals surface area contributed by atoms with Crippen molar-refractivity contribution >= 4 is 55.7 Å². The van der Waals surface area contributed by atoms with Crippen molar-refractivity contribution in [3.63, 3.8) is 0 Å². The number of aromatic nitrogens is 1. The van der Waals surface area contributed by atoms with Gasteiger partial charge in [-0.3, -0.25) is 14.2 Å². The van der Waals surface area contributed by atoms with Crippen LogP contribution in [-0.2, 0) is 4.79 Å². The van der Waals surface area contributed by atoms with Gasteiger partial charge < -0.3 is 9.80 Å². The fourth-order valence-corrected chi connectivity index (χ4v) is 5.28. The summed E-state index contributed by atoms with van der Waals surface area (Å²) in [6.45, 7) is 19.1. The Balaban J connectivity index is 2.04. The molecule has 6 nitrogen and oxygen atoms in total. The highest BCUT2D eigenvalue weighted by Gasteiger charge is 2.31. The number of benzene rings is 2. The van der Waals surface area contributed by atoms with Gasteiger partial charge in [0.2, 0.25) is 5.91 Å². The SMILES string of the molecule is [C-]#[N+]c1c(N2CCN(C(=O)C=C)C[C@@H]2C)c2cc(Cl)c(Br)cc2n(-c2ccccc2C(C)C)c1=O. The molecule has 4 rings (SSSR count). The van der Waals surface area contributed by atoms with Crippen molar-refractivity contribution in [3.05, 3.63) is 85.9 Å². The quantitative estimate of drug-likeness (QED) is 0.281. The zero-order valence-corrected chi connectivity index (χ0v) is 22.2. The van der Waals surface area contributed by atoms with Crippen LogP contribution in [0.2, 0.25) is 5.02 Å². The van der Waals surface area contributed by atoms with E-state index in [2.05, 4.69) is 41.2 Å². The average molecular weight is 554 g/mol. The second-order valence-electron chi connectivity index (χ2n) is 8.98. The molecule has 0 aliphatic carbocycles. The lowest BCUT2D eigenvalue weighted by Crippen LogP contribution is -2.53. The minimum atomic E-state index is -0.374. The minimum absolute atomic E-state index is 0.0461. The molecule has 2 heterocycles. The largest absolute Gasteiger partial charge is 0.373 e. The summed E-state index contributed by atoms with van der Waals surface area (Å²) in [7, 11) is 0. The fourth-order valence-electron chi connectivity index (χ4n) is 4.78. The number of nitrogens with zero attached hydrogens (tertiary/aromatic N) is 4. The first-order valence-electron chi connectivity index (χ1n) is 11.4. The van der Waals surface area contributed by atoms with Crippen LogP contribution in [-0.4, -0.2) is 41.1 Å². The molecule has 180 valence electrons. The Kier molecular flexibility index (Phi) is 7.07. The summed E-state index contributed by atoms with van der Waals surface area (Å²) in [5.41, 5.74) is 2.66. The zero-order valence-electron chi connectivity index (χ0n) is 19.9. The van der Waals surface area contributed by atoms with E-state index in [0.717, 1.165) is 16.6 Å². The van der Waals surface area contributed by atoms with Gasteiger partial charge in [0, 0.05) is 35.5 Å². The molecule has 0 N–H and O–H groups in total. The van der Waals surface area contributed by atoms with Crippen LogP contribution in [0.15, 0.2) is 58.3 Å². The van der Waals surface area contributed by atoms with Crippen molar-refractivity contribution in [2.24, 2.45) is 0 Å². The van der Waals surface area contributed by atoms with Gasteiger partial charge in [-0.25, -0.2) is 4.85 Å². The lowest BCUT2D eigenvalue weighted by Gasteiger charge is -2.42. The number of carbonyl (C=O) groups is 1. The first-order valence-corrected chi connectivity index (χ1v) is 12.6. The Morgan fingerprint density at radius 2 is 2.00 bits per heavy atom. The molecule has 1 aliphatic heterocycles. The van der Waals surface area contributed by atoms with Crippen molar-refractivity contribution < 1.29 is 4.79 Å². The van der Waals surface area contributed by atoms with Crippen LogP contribution in [0.25, 0.3) is 21.4 Å². The van der Waals surface area contributed by atoms with Gasteiger partial charge in [-0.05, 0) is 58.6 Å². The van der Waals surface area contributed by atoms with Crippen molar-refractivity contribution in [1.29, 1.82) is 0 Å². The van der Waals surface area contributed by atoms with Crippen LogP contribution < -0.4 is 10.5 Å². The first kappa shape index (κ1) is 25.0. The number of carbonyl (C=O) groups excluding carboxylic acids is 1. The second-order valence-corrected chi connectivity index (χ2v) is 10.2. The highest BCUT2D eigenvalue weighted by atomic mass is 79.9. The number of halogens is 2. The maximum Gasteiger partial charge on any atom is 0.274 e. The highest BCUT2D eigenvalue weighted by Crippen LogP contribution is 2.41. The number of hydrogen-bond donors (Lipinski definition) is 0. The molecule has 1 saturated heterocycles. The molecule has 0 saturated carbocycles. The van der Waals surface area contributed by atoms with E-state index < -0.39 is 0 Å². The van der Waals surface area contributed by atoms with Crippen molar-refractivity contribution in [1.82, 2.24) is 9.47 Å². The van der Waals surface area contributed by atoms with Gasteiger partial charge in [0.15, 0.2) is 0 Å². The van der Waals surface area contributed by atoms with E-state index in [1.165, 1.54) is 6.08 Å². The smallest absolute Gasteiger partial charge is 0.274 e. The van der Waals surface area contributed by atoms with Crippen LogP contribution in [0.4, 0.5) is 11.4 Å². The van der Waals surface area contributed by atoms with E-state index >= 15 is 0 Å². The third kappa shape index (κ3) is 4.37. The molecule has 1 aliphatic rings. The molecule has 0 spiro atoms. The summed E-state index contributed by atoms with van der Waals surface area (Å²) in [5, 5.41) is 1.21. The molecule has 1 amide bonds. The number of amides is 1. The van der Waals surface area contributed by atoms with Gasteiger partial charge in [-0.2, -0.15) is 0 Å². The Morgan fingerprint density at radius 3 is 2.63 bits per heavy atom. The summed E-state index contributed by atoms with van der Waals surface area (Å²) >= 11 is 10.1. The summed E-state index contributed by atoms with van der Waals surface area (Å²) in [6, 6.07) is 11.3. The topological polar surface area (TPSA) is 49.9 Å². The molecule has 0 unspecified atom stereocenters. The highest BCUT2D eigenvalue weighted by molar-refractivity contribution is 9.10. The molecule has 35 heavy (non-hydrogen) atoms. The van der Waals surface area contributed by atoms with E-state index in [4.69, 9.17) is 18.2 Å². The third-order valence-electron chi connectivity index (χ3n) is 6.48. The molecule has 8 heteroatoms. The second kappa shape index (κ2) is 9.88. The summed E-state index contributed by atoms with van der Waals surface area (Å²) < 4.78 is 2.29. The van der Waals surface area contributed by atoms with Gasteiger partial charge in [0.1, 0.15) is 0 Å². The Labute approximate surface area is 218 Å². The third-order valence-corrected chi connectivity index (χ3v) is 7.67. The summed E-state index contributed by atoms with van der Waals surface area (Å²) in [6.07, 6.45) is 1.31. The minimum Gasteiger partial charge on any atom is -0.373 e. The number of piperazine rings is 1. The van der Waals surface area contributed by atoms with Crippen molar-refractivity contribution in [3.8, 4) is 5.69 Å².